The second-order valence-corrected chi connectivity index (χ2v) is 5.23. The molecule has 1 N–H and O–H groups in total. The number of aliphatic hydroxyl groups excluding tert-OH is 1. The summed E-state index contributed by atoms with van der Waals surface area (Å²) in [5.41, 5.74) is 1.97. The van der Waals surface area contributed by atoms with Crippen LogP contribution >= 0.6 is 0 Å². The molecular formula is C16H22N2O2. The van der Waals surface area contributed by atoms with Gasteiger partial charge in [-0.05, 0) is 37.0 Å². The number of rotatable bonds is 6. The summed E-state index contributed by atoms with van der Waals surface area (Å²) in [4.78, 5) is 2.42. The summed E-state index contributed by atoms with van der Waals surface area (Å²) in [6.45, 7) is 3.90. The van der Waals surface area contributed by atoms with Gasteiger partial charge in [0.1, 0.15) is 0 Å². The summed E-state index contributed by atoms with van der Waals surface area (Å²) < 4.78 is 5.73. The van der Waals surface area contributed by atoms with Crippen LogP contribution in [0.3, 0.4) is 0 Å². The Morgan fingerprint density at radius 2 is 1.95 bits per heavy atom. The first kappa shape index (κ1) is 15.0. The highest BCUT2D eigenvalue weighted by Crippen LogP contribution is 2.16. The van der Waals surface area contributed by atoms with Gasteiger partial charge < -0.3 is 9.84 Å². The van der Waals surface area contributed by atoms with Gasteiger partial charge in [0.25, 0.3) is 0 Å². The fraction of sp³-hybridized carbons (Fsp3) is 0.562. The quantitative estimate of drug-likeness (QED) is 0.805. The van der Waals surface area contributed by atoms with E-state index < -0.39 is 0 Å². The van der Waals surface area contributed by atoms with Gasteiger partial charge in [0, 0.05) is 32.8 Å². The van der Waals surface area contributed by atoms with Crippen LogP contribution in [0.5, 0.6) is 0 Å². The average molecular weight is 274 g/mol. The zero-order valence-corrected chi connectivity index (χ0v) is 11.8. The topological polar surface area (TPSA) is 56.5 Å². The molecule has 1 fully saturated rings. The molecule has 1 heterocycles. The molecule has 1 aliphatic rings. The zero-order valence-electron chi connectivity index (χ0n) is 11.8. The Kier molecular flexibility index (Phi) is 6.00. The number of nitriles is 1. The van der Waals surface area contributed by atoms with Gasteiger partial charge in [-0.1, -0.05) is 12.1 Å². The van der Waals surface area contributed by atoms with Gasteiger partial charge in [-0.15, -0.1) is 0 Å². The van der Waals surface area contributed by atoms with Crippen LogP contribution in [-0.2, 0) is 11.3 Å². The summed E-state index contributed by atoms with van der Waals surface area (Å²) in [6, 6.07) is 9.95. The monoisotopic (exact) mass is 274 g/mol. The molecule has 0 atom stereocenters. The maximum absolute atomic E-state index is 8.78. The maximum atomic E-state index is 8.78. The molecule has 0 aliphatic carbocycles. The Bertz CT molecular complexity index is 431. The summed E-state index contributed by atoms with van der Waals surface area (Å²) >= 11 is 0. The number of hydrogen-bond acceptors (Lipinski definition) is 4. The smallest absolute Gasteiger partial charge is 0.0991 e. The van der Waals surface area contributed by atoms with Crippen LogP contribution in [-0.4, -0.2) is 42.4 Å². The van der Waals surface area contributed by atoms with Crippen molar-refractivity contribution in [1.82, 2.24) is 4.90 Å². The van der Waals surface area contributed by atoms with Crippen molar-refractivity contribution in [1.29, 1.82) is 5.26 Å². The van der Waals surface area contributed by atoms with E-state index in [1.807, 2.05) is 24.3 Å². The number of hydrogen-bond donors (Lipinski definition) is 1. The van der Waals surface area contributed by atoms with E-state index in [1.165, 1.54) is 5.56 Å². The Morgan fingerprint density at radius 3 is 2.55 bits per heavy atom. The summed E-state index contributed by atoms with van der Waals surface area (Å²) in [6.07, 6.45) is 3.19. The third-order valence-corrected chi connectivity index (χ3v) is 3.68. The fourth-order valence-corrected chi connectivity index (χ4v) is 2.49. The number of benzene rings is 1. The van der Waals surface area contributed by atoms with Crippen molar-refractivity contribution in [2.75, 3.05) is 26.3 Å². The molecule has 20 heavy (non-hydrogen) atoms. The molecule has 0 unspecified atom stereocenters. The van der Waals surface area contributed by atoms with Gasteiger partial charge in [0.2, 0.25) is 0 Å². The predicted octanol–water partition coefficient (Wildman–Crippen LogP) is 1.92. The summed E-state index contributed by atoms with van der Waals surface area (Å²) in [7, 11) is 0. The van der Waals surface area contributed by atoms with Crippen LogP contribution in [0.25, 0.3) is 0 Å². The first-order valence-corrected chi connectivity index (χ1v) is 7.25. The van der Waals surface area contributed by atoms with Crippen molar-refractivity contribution in [3.63, 3.8) is 0 Å². The van der Waals surface area contributed by atoms with Crippen molar-refractivity contribution in [2.45, 2.75) is 31.9 Å². The lowest BCUT2D eigenvalue weighted by Gasteiger charge is -2.31. The van der Waals surface area contributed by atoms with Crippen molar-refractivity contribution in [3.05, 3.63) is 35.4 Å². The largest absolute Gasteiger partial charge is 0.396 e. The minimum absolute atomic E-state index is 0.206. The molecule has 108 valence electrons. The zero-order chi connectivity index (χ0) is 14.2. The molecule has 0 aromatic heterocycles. The van der Waals surface area contributed by atoms with E-state index >= 15 is 0 Å². The molecule has 4 heteroatoms. The number of nitrogens with zero attached hydrogens (tertiary/aromatic N) is 2. The first-order valence-electron chi connectivity index (χ1n) is 7.25. The molecule has 0 spiro atoms. The van der Waals surface area contributed by atoms with Crippen molar-refractivity contribution >= 4 is 0 Å². The SMILES string of the molecule is N#Cc1ccc(CN2CCC(OCCCO)CC2)cc1. The standard InChI is InChI=1S/C16H22N2O2/c17-12-14-2-4-15(5-3-14)13-18-8-6-16(7-9-18)20-11-1-10-19/h2-5,16,19H,1,6-11,13H2. The second-order valence-electron chi connectivity index (χ2n) is 5.23. The van der Waals surface area contributed by atoms with Crippen molar-refractivity contribution in [2.24, 2.45) is 0 Å². The van der Waals surface area contributed by atoms with Crippen LogP contribution in [0.4, 0.5) is 0 Å². The maximum Gasteiger partial charge on any atom is 0.0991 e. The van der Waals surface area contributed by atoms with Crippen LogP contribution in [0, 0.1) is 11.3 Å². The third-order valence-electron chi connectivity index (χ3n) is 3.68. The lowest BCUT2D eigenvalue weighted by atomic mass is 10.1. The molecule has 4 nitrogen and oxygen atoms in total. The molecule has 1 aliphatic heterocycles. The molecular weight excluding hydrogens is 252 g/mol. The minimum atomic E-state index is 0.206. The van der Waals surface area contributed by atoms with Gasteiger partial charge in [-0.25, -0.2) is 0 Å². The Balaban J connectivity index is 1.72. The van der Waals surface area contributed by atoms with Crippen LogP contribution in [0.1, 0.15) is 30.4 Å². The fourth-order valence-electron chi connectivity index (χ4n) is 2.49. The molecule has 1 aromatic rings. The normalized spacial score (nSPS) is 17.0. The lowest BCUT2D eigenvalue weighted by Crippen LogP contribution is -2.36. The number of likely N-dealkylation sites (tertiary alicyclic amines) is 1. The molecule has 2 rings (SSSR count). The van der Waals surface area contributed by atoms with E-state index in [-0.39, 0.29) is 6.61 Å². The molecule has 0 bridgehead atoms. The van der Waals surface area contributed by atoms with Gasteiger partial charge in [-0.2, -0.15) is 5.26 Å². The van der Waals surface area contributed by atoms with Crippen molar-refractivity contribution < 1.29 is 9.84 Å². The Morgan fingerprint density at radius 1 is 1.25 bits per heavy atom. The van der Waals surface area contributed by atoms with E-state index in [1.54, 1.807) is 0 Å². The highest BCUT2D eigenvalue weighted by molar-refractivity contribution is 5.31. The molecule has 0 radical (unpaired) electrons. The molecule has 0 saturated carbocycles. The van der Waals surface area contributed by atoms with E-state index in [0.717, 1.165) is 38.9 Å². The van der Waals surface area contributed by atoms with Crippen LogP contribution < -0.4 is 0 Å². The minimum Gasteiger partial charge on any atom is -0.396 e. The number of ether oxygens (including phenoxy) is 1. The predicted molar refractivity (Wildman–Crippen MR) is 77.1 cm³/mol. The molecule has 0 amide bonds. The van der Waals surface area contributed by atoms with Crippen LogP contribution in [0.2, 0.25) is 0 Å². The average Bonchev–Trinajstić information content (AvgIpc) is 2.50. The van der Waals surface area contributed by atoms with Gasteiger partial charge in [0.15, 0.2) is 0 Å². The third kappa shape index (κ3) is 4.61. The van der Waals surface area contributed by atoms with Gasteiger partial charge >= 0.3 is 0 Å². The Hall–Kier alpha value is -1.41. The first-order chi connectivity index (χ1) is 9.81. The number of aliphatic hydroxyl groups is 1. The Labute approximate surface area is 120 Å². The number of piperidine rings is 1. The lowest BCUT2D eigenvalue weighted by molar-refractivity contribution is 0.000786. The summed E-state index contributed by atoms with van der Waals surface area (Å²) in [5, 5.41) is 17.5. The van der Waals surface area contributed by atoms with E-state index in [4.69, 9.17) is 15.1 Å². The van der Waals surface area contributed by atoms with Gasteiger partial charge in [0.05, 0.1) is 17.7 Å². The van der Waals surface area contributed by atoms with E-state index in [2.05, 4.69) is 11.0 Å². The highest BCUT2D eigenvalue weighted by Gasteiger charge is 2.19. The van der Waals surface area contributed by atoms with E-state index in [9.17, 15) is 0 Å². The van der Waals surface area contributed by atoms with Crippen molar-refractivity contribution in [3.8, 4) is 6.07 Å². The van der Waals surface area contributed by atoms with E-state index in [0.29, 0.717) is 18.3 Å². The van der Waals surface area contributed by atoms with Crippen LogP contribution in [0.15, 0.2) is 24.3 Å². The second kappa shape index (κ2) is 8.01. The summed E-state index contributed by atoms with van der Waals surface area (Å²) in [5.74, 6) is 0. The molecule has 1 saturated heterocycles. The molecule has 1 aromatic carbocycles. The van der Waals surface area contributed by atoms with Gasteiger partial charge in [-0.3, -0.25) is 4.90 Å². The highest BCUT2D eigenvalue weighted by atomic mass is 16.5.